The van der Waals surface area contributed by atoms with E-state index in [1.165, 1.54) is 0 Å². The SMILES string of the molecule is CCCC(C)COc1cc(C(F)(F)F)cc(NN)n1. The number of ether oxygens (including phenoxy) is 1. The topological polar surface area (TPSA) is 60.2 Å². The monoisotopic (exact) mass is 277 g/mol. The van der Waals surface area contributed by atoms with Gasteiger partial charge in [-0.15, -0.1) is 0 Å². The van der Waals surface area contributed by atoms with E-state index in [1.807, 2.05) is 13.8 Å². The van der Waals surface area contributed by atoms with Gasteiger partial charge in [-0.25, -0.2) is 5.84 Å². The number of aromatic nitrogens is 1. The number of rotatable bonds is 6. The molecule has 0 fully saturated rings. The van der Waals surface area contributed by atoms with Crippen molar-refractivity contribution in [2.75, 3.05) is 12.0 Å². The summed E-state index contributed by atoms with van der Waals surface area (Å²) < 4.78 is 43.2. The molecule has 0 aromatic carbocycles. The van der Waals surface area contributed by atoms with Gasteiger partial charge in [0.2, 0.25) is 5.88 Å². The van der Waals surface area contributed by atoms with Crippen LogP contribution in [0.2, 0.25) is 0 Å². The molecule has 1 rings (SSSR count). The van der Waals surface area contributed by atoms with Gasteiger partial charge in [0, 0.05) is 6.07 Å². The molecule has 19 heavy (non-hydrogen) atoms. The Bertz CT molecular complexity index is 410. The van der Waals surface area contributed by atoms with Crippen molar-refractivity contribution in [3.63, 3.8) is 0 Å². The third-order valence-electron chi connectivity index (χ3n) is 2.57. The second-order valence-electron chi connectivity index (χ2n) is 4.43. The number of nitrogens with two attached hydrogens (primary N) is 1. The lowest BCUT2D eigenvalue weighted by molar-refractivity contribution is -0.137. The zero-order valence-corrected chi connectivity index (χ0v) is 10.9. The number of nitrogens with zero attached hydrogens (tertiary/aromatic N) is 1. The molecular weight excluding hydrogens is 259 g/mol. The molecule has 1 aromatic heterocycles. The summed E-state index contributed by atoms with van der Waals surface area (Å²) in [5, 5.41) is 0. The molecule has 0 saturated heterocycles. The van der Waals surface area contributed by atoms with E-state index in [1.54, 1.807) is 0 Å². The van der Waals surface area contributed by atoms with Crippen molar-refractivity contribution in [2.24, 2.45) is 11.8 Å². The maximum absolute atomic E-state index is 12.7. The number of hydrogen-bond donors (Lipinski definition) is 2. The van der Waals surface area contributed by atoms with Crippen LogP contribution in [0.5, 0.6) is 5.88 Å². The van der Waals surface area contributed by atoms with Crippen molar-refractivity contribution in [3.05, 3.63) is 17.7 Å². The average Bonchev–Trinajstić information content (AvgIpc) is 2.35. The van der Waals surface area contributed by atoms with Crippen molar-refractivity contribution in [2.45, 2.75) is 32.9 Å². The highest BCUT2D eigenvalue weighted by Gasteiger charge is 2.32. The summed E-state index contributed by atoms with van der Waals surface area (Å²) in [6.07, 6.45) is -2.52. The van der Waals surface area contributed by atoms with Crippen LogP contribution in [0.25, 0.3) is 0 Å². The van der Waals surface area contributed by atoms with E-state index < -0.39 is 11.7 Å². The Morgan fingerprint density at radius 2 is 2.11 bits per heavy atom. The first-order valence-corrected chi connectivity index (χ1v) is 6.05. The zero-order chi connectivity index (χ0) is 14.5. The highest BCUT2D eigenvalue weighted by Crippen LogP contribution is 2.32. The molecule has 0 amide bonds. The fraction of sp³-hybridized carbons (Fsp3) is 0.583. The molecule has 1 aromatic rings. The minimum atomic E-state index is -4.46. The third kappa shape index (κ3) is 4.94. The molecule has 4 nitrogen and oxygen atoms in total. The van der Waals surface area contributed by atoms with Gasteiger partial charge in [-0.1, -0.05) is 20.3 Å². The summed E-state index contributed by atoms with van der Waals surface area (Å²) >= 11 is 0. The second kappa shape index (κ2) is 6.60. The molecule has 3 N–H and O–H groups in total. The van der Waals surface area contributed by atoms with E-state index in [-0.39, 0.29) is 17.6 Å². The standard InChI is InChI=1S/C12H18F3N3O/c1-3-4-8(2)7-19-11-6-9(12(13,14)15)5-10(17-11)18-16/h5-6,8H,3-4,7,16H2,1-2H3,(H,17,18). The molecule has 0 aliphatic carbocycles. The minimum absolute atomic E-state index is 0.0760. The molecule has 0 aliphatic heterocycles. The zero-order valence-electron chi connectivity index (χ0n) is 10.9. The Morgan fingerprint density at radius 1 is 1.42 bits per heavy atom. The highest BCUT2D eigenvalue weighted by atomic mass is 19.4. The largest absolute Gasteiger partial charge is 0.477 e. The van der Waals surface area contributed by atoms with Gasteiger partial charge in [0.15, 0.2) is 0 Å². The number of nitrogen functional groups attached to an aromatic ring is 1. The van der Waals surface area contributed by atoms with Crippen LogP contribution in [0.3, 0.4) is 0 Å². The molecule has 7 heteroatoms. The van der Waals surface area contributed by atoms with E-state index in [0.29, 0.717) is 6.61 Å². The van der Waals surface area contributed by atoms with Crippen molar-refractivity contribution in [1.29, 1.82) is 0 Å². The molecular formula is C12H18F3N3O. The number of halogens is 3. The maximum atomic E-state index is 12.7. The summed E-state index contributed by atoms with van der Waals surface area (Å²) in [6.45, 7) is 4.33. The van der Waals surface area contributed by atoms with E-state index in [4.69, 9.17) is 10.6 Å². The Morgan fingerprint density at radius 3 is 2.63 bits per heavy atom. The Balaban J connectivity index is 2.83. The Labute approximate surface area is 110 Å². The summed E-state index contributed by atoms with van der Waals surface area (Å²) in [4.78, 5) is 3.84. The van der Waals surface area contributed by atoms with Crippen molar-refractivity contribution in [1.82, 2.24) is 4.98 Å². The predicted octanol–water partition coefficient (Wildman–Crippen LogP) is 3.20. The molecule has 0 saturated carbocycles. The number of hydrogen-bond acceptors (Lipinski definition) is 4. The lowest BCUT2D eigenvalue weighted by Crippen LogP contribution is -2.14. The molecule has 0 bridgehead atoms. The number of anilines is 1. The van der Waals surface area contributed by atoms with Crippen LogP contribution in [-0.2, 0) is 6.18 Å². The lowest BCUT2D eigenvalue weighted by Gasteiger charge is -2.14. The maximum Gasteiger partial charge on any atom is 0.416 e. The molecule has 1 unspecified atom stereocenters. The van der Waals surface area contributed by atoms with E-state index in [2.05, 4.69) is 10.4 Å². The highest BCUT2D eigenvalue weighted by molar-refractivity contribution is 5.41. The second-order valence-corrected chi connectivity index (χ2v) is 4.43. The number of alkyl halides is 3. The van der Waals surface area contributed by atoms with Crippen molar-refractivity contribution in [3.8, 4) is 5.88 Å². The quantitative estimate of drug-likeness (QED) is 0.619. The van der Waals surface area contributed by atoms with Gasteiger partial charge in [-0.05, 0) is 18.4 Å². The van der Waals surface area contributed by atoms with E-state index in [0.717, 1.165) is 25.0 Å². The fourth-order valence-corrected chi connectivity index (χ4v) is 1.62. The summed E-state index contributed by atoms with van der Waals surface area (Å²) in [7, 11) is 0. The molecule has 0 radical (unpaired) electrons. The van der Waals surface area contributed by atoms with Crippen LogP contribution in [0.1, 0.15) is 32.3 Å². The van der Waals surface area contributed by atoms with Gasteiger partial charge < -0.3 is 10.2 Å². The molecule has 0 spiro atoms. The third-order valence-corrected chi connectivity index (χ3v) is 2.57. The number of nitrogens with one attached hydrogen (secondary N) is 1. The smallest absolute Gasteiger partial charge is 0.416 e. The van der Waals surface area contributed by atoms with Crippen LogP contribution in [0.15, 0.2) is 12.1 Å². The van der Waals surface area contributed by atoms with Crippen LogP contribution in [0, 0.1) is 5.92 Å². The van der Waals surface area contributed by atoms with Crippen LogP contribution in [0.4, 0.5) is 19.0 Å². The summed E-state index contributed by atoms with van der Waals surface area (Å²) in [5.74, 6) is 5.20. The minimum Gasteiger partial charge on any atom is -0.477 e. The summed E-state index contributed by atoms with van der Waals surface area (Å²) in [6, 6.07) is 1.71. The van der Waals surface area contributed by atoms with Gasteiger partial charge in [-0.2, -0.15) is 18.2 Å². The lowest BCUT2D eigenvalue weighted by atomic mass is 10.1. The molecule has 1 atom stereocenters. The van der Waals surface area contributed by atoms with E-state index in [9.17, 15) is 13.2 Å². The Hall–Kier alpha value is -1.50. The van der Waals surface area contributed by atoms with Crippen LogP contribution in [-0.4, -0.2) is 11.6 Å². The first kappa shape index (κ1) is 15.6. The van der Waals surface area contributed by atoms with Crippen molar-refractivity contribution >= 4 is 5.82 Å². The van der Waals surface area contributed by atoms with Gasteiger partial charge in [-0.3, -0.25) is 0 Å². The normalized spacial score (nSPS) is 13.2. The van der Waals surface area contributed by atoms with E-state index >= 15 is 0 Å². The average molecular weight is 277 g/mol. The van der Waals surface area contributed by atoms with Crippen LogP contribution >= 0.6 is 0 Å². The van der Waals surface area contributed by atoms with Crippen LogP contribution < -0.4 is 16.0 Å². The Kier molecular flexibility index (Phi) is 5.41. The predicted molar refractivity (Wildman–Crippen MR) is 66.6 cm³/mol. The molecule has 108 valence electrons. The fourth-order valence-electron chi connectivity index (χ4n) is 1.62. The molecule has 1 heterocycles. The van der Waals surface area contributed by atoms with Gasteiger partial charge in [0.25, 0.3) is 0 Å². The molecule has 0 aliphatic rings. The van der Waals surface area contributed by atoms with Gasteiger partial charge in [0.05, 0.1) is 12.2 Å². The van der Waals surface area contributed by atoms with Crippen molar-refractivity contribution < 1.29 is 17.9 Å². The number of pyridine rings is 1. The van der Waals surface area contributed by atoms with Gasteiger partial charge >= 0.3 is 6.18 Å². The number of hydrazine groups is 1. The first-order valence-electron chi connectivity index (χ1n) is 6.05. The summed E-state index contributed by atoms with van der Waals surface area (Å²) in [5.41, 5.74) is 1.26. The van der Waals surface area contributed by atoms with Gasteiger partial charge in [0.1, 0.15) is 5.82 Å². The first-order chi connectivity index (χ1) is 8.86.